The minimum atomic E-state index is -1.28. The van der Waals surface area contributed by atoms with Crippen LogP contribution in [0.3, 0.4) is 0 Å². The number of esters is 5. The van der Waals surface area contributed by atoms with Gasteiger partial charge in [-0.15, -0.1) is 0 Å². The lowest BCUT2D eigenvalue weighted by atomic mass is 9.86. The first kappa shape index (κ1) is 32.6. The maximum Gasteiger partial charge on any atom is 0.408 e. The molecule has 0 radical (unpaired) electrons. The molecule has 0 spiro atoms. The molecule has 1 amide bonds. The summed E-state index contributed by atoms with van der Waals surface area (Å²) in [5.41, 5.74) is -0.816. The number of ether oxygens (including phenoxy) is 6. The summed E-state index contributed by atoms with van der Waals surface area (Å²) in [5, 5.41) is 5.56. The number of methoxy groups -OCH3 is 1. The molecule has 2 N–H and O–H groups in total. The number of piperidine rings is 1. The molecule has 1 rings (SSSR count). The molecule has 1 saturated heterocycles. The average molecular weight is 547 g/mol. The predicted molar refractivity (Wildman–Crippen MR) is 128 cm³/mol. The van der Waals surface area contributed by atoms with E-state index in [2.05, 4.69) is 10.6 Å². The van der Waals surface area contributed by atoms with E-state index in [1.54, 1.807) is 20.8 Å². The van der Waals surface area contributed by atoms with Gasteiger partial charge in [0.05, 0.1) is 13.2 Å². The van der Waals surface area contributed by atoms with Crippen LogP contribution in [0.1, 0.15) is 61.3 Å². The number of rotatable bonds is 10. The molecule has 0 bridgehead atoms. The first-order valence-electron chi connectivity index (χ1n) is 12.0. The highest BCUT2D eigenvalue weighted by molar-refractivity contribution is 5.81. The van der Waals surface area contributed by atoms with Crippen molar-refractivity contribution in [2.45, 2.75) is 103 Å². The van der Waals surface area contributed by atoms with Crippen LogP contribution in [0.25, 0.3) is 0 Å². The molecule has 1 aliphatic rings. The van der Waals surface area contributed by atoms with Crippen LogP contribution in [0.4, 0.5) is 4.79 Å². The molecule has 0 saturated carbocycles. The Morgan fingerprint density at radius 1 is 0.789 bits per heavy atom. The lowest BCUT2D eigenvalue weighted by molar-refractivity contribution is -0.199. The molecule has 0 aromatic heterocycles. The summed E-state index contributed by atoms with van der Waals surface area (Å²) in [6, 6.07) is -2.82. The largest absolute Gasteiger partial charge is 0.467 e. The normalized spacial score (nSPS) is 23.7. The molecule has 14 nitrogen and oxygen atoms in total. The first-order valence-corrected chi connectivity index (χ1v) is 12.0. The van der Waals surface area contributed by atoms with Gasteiger partial charge in [0.25, 0.3) is 0 Å². The topological polar surface area (TPSA) is 182 Å². The molecule has 1 heterocycles. The number of nitrogens with one attached hydrogen (secondary N) is 2. The standard InChI is InChI=1S/C24H38N2O12/c1-12(27)34-11-18-20(36-14(3)29)21(37-15(4)30)19(35-13(2)28)16(25-18)9-10-17(22(31)33-8)26-23(32)38-24(5,6)7/h16-21,25H,9-11H2,1-8H3,(H,26,32)/t16-,17+,18-,19+,20-,21-/m1/s1. The van der Waals surface area contributed by atoms with Crippen molar-refractivity contribution in [2.75, 3.05) is 13.7 Å². The van der Waals surface area contributed by atoms with Crippen LogP contribution in [-0.4, -0.2) is 91.7 Å². The zero-order chi connectivity index (χ0) is 29.2. The fourth-order valence-corrected chi connectivity index (χ4v) is 3.90. The van der Waals surface area contributed by atoms with E-state index < -0.39 is 78.0 Å². The average Bonchev–Trinajstić information content (AvgIpc) is 2.75. The van der Waals surface area contributed by atoms with Crippen molar-refractivity contribution in [3.05, 3.63) is 0 Å². The number of carbonyl (C=O) groups excluding carboxylic acids is 6. The molecular weight excluding hydrogens is 508 g/mol. The quantitative estimate of drug-likeness (QED) is 0.286. The molecule has 0 aromatic carbocycles. The smallest absolute Gasteiger partial charge is 0.408 e. The Balaban J connectivity index is 3.31. The first-order chi connectivity index (χ1) is 17.5. The zero-order valence-electron chi connectivity index (χ0n) is 23.0. The van der Waals surface area contributed by atoms with Gasteiger partial charge in [-0.3, -0.25) is 19.2 Å². The molecule has 14 heteroatoms. The summed E-state index contributed by atoms with van der Waals surface area (Å²) in [5.74, 6) is -3.52. The second-order valence-corrected chi connectivity index (χ2v) is 9.70. The van der Waals surface area contributed by atoms with Gasteiger partial charge < -0.3 is 39.1 Å². The molecule has 216 valence electrons. The summed E-state index contributed by atoms with van der Waals surface area (Å²) in [6.45, 7) is 9.32. The van der Waals surface area contributed by atoms with Gasteiger partial charge in [-0.05, 0) is 33.6 Å². The SMILES string of the molecule is COC(=O)[C@H](CC[C@H]1N[C@H](COC(C)=O)[C@@H](OC(C)=O)[C@H](OC(C)=O)[C@H]1OC(C)=O)NC(=O)OC(C)(C)C. The molecule has 6 atom stereocenters. The second kappa shape index (κ2) is 14.5. The maximum atomic E-state index is 12.4. The monoisotopic (exact) mass is 546 g/mol. The van der Waals surface area contributed by atoms with Crippen LogP contribution in [0.15, 0.2) is 0 Å². The van der Waals surface area contributed by atoms with Gasteiger partial charge in [-0.25, -0.2) is 9.59 Å². The van der Waals surface area contributed by atoms with Crippen LogP contribution >= 0.6 is 0 Å². The number of hydrogen-bond acceptors (Lipinski definition) is 13. The molecular formula is C24H38N2O12. The van der Waals surface area contributed by atoms with Crippen LogP contribution in [0, 0.1) is 0 Å². The Hall–Kier alpha value is -3.42. The maximum absolute atomic E-state index is 12.4. The molecule has 38 heavy (non-hydrogen) atoms. The molecule has 0 aromatic rings. The Morgan fingerprint density at radius 2 is 1.29 bits per heavy atom. The molecule has 0 unspecified atom stereocenters. The lowest BCUT2D eigenvalue weighted by Crippen LogP contribution is -2.68. The van der Waals surface area contributed by atoms with Gasteiger partial charge in [0, 0.05) is 33.7 Å². The van der Waals surface area contributed by atoms with E-state index in [1.807, 2.05) is 0 Å². The van der Waals surface area contributed by atoms with E-state index >= 15 is 0 Å². The van der Waals surface area contributed by atoms with Gasteiger partial charge in [0.1, 0.15) is 18.2 Å². The third kappa shape index (κ3) is 11.3. The summed E-state index contributed by atoms with van der Waals surface area (Å²) >= 11 is 0. The van der Waals surface area contributed by atoms with Gasteiger partial charge in [0.2, 0.25) is 0 Å². The van der Waals surface area contributed by atoms with E-state index in [4.69, 9.17) is 28.4 Å². The van der Waals surface area contributed by atoms with Crippen molar-refractivity contribution < 1.29 is 57.2 Å². The Morgan fingerprint density at radius 3 is 1.74 bits per heavy atom. The fraction of sp³-hybridized carbons (Fsp3) is 0.750. The van der Waals surface area contributed by atoms with E-state index in [0.29, 0.717) is 0 Å². The fourth-order valence-electron chi connectivity index (χ4n) is 3.90. The number of hydrogen-bond donors (Lipinski definition) is 2. The van der Waals surface area contributed by atoms with E-state index in [-0.39, 0.29) is 19.4 Å². The third-order valence-electron chi connectivity index (χ3n) is 5.18. The van der Waals surface area contributed by atoms with Gasteiger partial charge in [-0.1, -0.05) is 0 Å². The molecule has 0 aliphatic carbocycles. The van der Waals surface area contributed by atoms with Crippen LogP contribution < -0.4 is 10.6 Å². The van der Waals surface area contributed by atoms with Gasteiger partial charge in [-0.2, -0.15) is 0 Å². The molecule has 1 aliphatic heterocycles. The molecule has 1 fully saturated rings. The van der Waals surface area contributed by atoms with Crippen molar-refractivity contribution in [3.63, 3.8) is 0 Å². The summed E-state index contributed by atoms with van der Waals surface area (Å²) in [7, 11) is 1.15. The third-order valence-corrected chi connectivity index (χ3v) is 5.18. The zero-order valence-corrected chi connectivity index (χ0v) is 23.0. The van der Waals surface area contributed by atoms with E-state index in [0.717, 1.165) is 27.9 Å². The minimum absolute atomic E-state index is 0.0212. The second-order valence-electron chi connectivity index (χ2n) is 9.70. The highest BCUT2D eigenvalue weighted by Gasteiger charge is 2.50. The van der Waals surface area contributed by atoms with Crippen LogP contribution in [0.2, 0.25) is 0 Å². The van der Waals surface area contributed by atoms with E-state index in [1.165, 1.54) is 6.92 Å². The van der Waals surface area contributed by atoms with Crippen LogP contribution in [0.5, 0.6) is 0 Å². The van der Waals surface area contributed by atoms with Crippen LogP contribution in [-0.2, 0) is 52.4 Å². The predicted octanol–water partition coefficient (Wildman–Crippen LogP) is 0.532. The van der Waals surface area contributed by atoms with Crippen molar-refractivity contribution in [1.82, 2.24) is 10.6 Å². The summed E-state index contributed by atoms with van der Waals surface area (Å²) in [4.78, 5) is 71.9. The van der Waals surface area contributed by atoms with Crippen molar-refractivity contribution in [3.8, 4) is 0 Å². The Kier molecular flexibility index (Phi) is 12.4. The van der Waals surface area contributed by atoms with Crippen molar-refractivity contribution in [1.29, 1.82) is 0 Å². The summed E-state index contributed by atoms with van der Waals surface area (Å²) in [6.07, 6.45) is -4.44. The summed E-state index contributed by atoms with van der Waals surface area (Å²) < 4.78 is 31.4. The lowest BCUT2D eigenvalue weighted by Gasteiger charge is -2.45. The Labute approximate surface area is 221 Å². The Bertz CT molecular complexity index is 884. The van der Waals surface area contributed by atoms with Gasteiger partial charge in [0.15, 0.2) is 18.3 Å². The van der Waals surface area contributed by atoms with Crippen molar-refractivity contribution in [2.24, 2.45) is 0 Å². The van der Waals surface area contributed by atoms with Gasteiger partial charge >= 0.3 is 35.9 Å². The number of amides is 1. The highest BCUT2D eigenvalue weighted by atomic mass is 16.6. The number of alkyl carbamates (subject to hydrolysis) is 1. The number of carbonyl (C=O) groups is 6. The van der Waals surface area contributed by atoms with E-state index in [9.17, 15) is 28.8 Å². The highest BCUT2D eigenvalue weighted by Crippen LogP contribution is 2.28. The van der Waals surface area contributed by atoms with Crippen molar-refractivity contribution >= 4 is 35.9 Å². The minimum Gasteiger partial charge on any atom is -0.467 e.